The number of rotatable bonds is 4. The highest BCUT2D eigenvalue weighted by Crippen LogP contribution is 2.22. The van der Waals surface area contributed by atoms with Gasteiger partial charge in [-0.15, -0.1) is 0 Å². The number of para-hydroxylation sites is 1. The van der Waals surface area contributed by atoms with Gasteiger partial charge in [-0.25, -0.2) is 0 Å². The largest absolute Gasteiger partial charge is 0.493 e. The van der Waals surface area contributed by atoms with Gasteiger partial charge in [0.2, 0.25) is 0 Å². The zero-order chi connectivity index (χ0) is 17.1. The van der Waals surface area contributed by atoms with Gasteiger partial charge in [0, 0.05) is 32.3 Å². The summed E-state index contributed by atoms with van der Waals surface area (Å²) >= 11 is 0. The van der Waals surface area contributed by atoms with E-state index >= 15 is 0 Å². The van der Waals surface area contributed by atoms with Crippen molar-refractivity contribution in [3.05, 3.63) is 47.3 Å². The molecular formula is C19H25N3O2. The lowest BCUT2D eigenvalue weighted by atomic mass is 9.98. The van der Waals surface area contributed by atoms with Crippen molar-refractivity contribution in [2.75, 3.05) is 19.7 Å². The molecule has 1 fully saturated rings. The summed E-state index contributed by atoms with van der Waals surface area (Å²) in [5.74, 6) is 1.39. The molecule has 128 valence electrons. The Hall–Kier alpha value is -2.30. The molecule has 1 atom stereocenters. The Bertz CT molecular complexity index is 723. The van der Waals surface area contributed by atoms with Gasteiger partial charge in [-0.1, -0.05) is 18.2 Å². The molecule has 5 nitrogen and oxygen atoms in total. The first-order valence-electron chi connectivity index (χ1n) is 8.52. The normalized spacial score (nSPS) is 17.8. The van der Waals surface area contributed by atoms with Crippen LogP contribution in [-0.4, -0.2) is 40.3 Å². The number of carbonyl (C=O) groups is 1. The molecule has 1 aromatic heterocycles. The lowest BCUT2D eigenvalue weighted by molar-refractivity contribution is 0.0632. The quantitative estimate of drug-likeness (QED) is 0.867. The Balaban J connectivity index is 1.61. The molecule has 3 rings (SSSR count). The fourth-order valence-corrected chi connectivity index (χ4v) is 3.29. The van der Waals surface area contributed by atoms with Crippen molar-refractivity contribution in [3.8, 4) is 5.75 Å². The average molecular weight is 327 g/mol. The van der Waals surface area contributed by atoms with E-state index in [0.29, 0.717) is 18.1 Å². The van der Waals surface area contributed by atoms with Crippen LogP contribution in [0, 0.1) is 19.8 Å². The summed E-state index contributed by atoms with van der Waals surface area (Å²) in [6.45, 7) is 6.15. The first-order valence-corrected chi connectivity index (χ1v) is 8.52. The summed E-state index contributed by atoms with van der Waals surface area (Å²) in [6, 6.07) is 8.06. The van der Waals surface area contributed by atoms with Gasteiger partial charge in [-0.3, -0.25) is 9.48 Å². The number of carbonyl (C=O) groups excluding carboxylic acids is 1. The molecule has 1 amide bonds. The number of benzene rings is 1. The number of aryl methyl sites for hydroxylation is 3. The molecule has 0 N–H and O–H groups in total. The molecule has 0 radical (unpaired) electrons. The Morgan fingerprint density at radius 1 is 1.33 bits per heavy atom. The highest BCUT2D eigenvalue weighted by atomic mass is 16.5. The van der Waals surface area contributed by atoms with Crippen LogP contribution in [0.3, 0.4) is 0 Å². The van der Waals surface area contributed by atoms with Crippen molar-refractivity contribution < 1.29 is 9.53 Å². The number of amides is 1. The molecule has 0 unspecified atom stereocenters. The highest BCUT2D eigenvalue weighted by molar-refractivity contribution is 5.95. The number of likely N-dealkylation sites (tertiary alicyclic amines) is 1. The number of aromatic nitrogens is 2. The van der Waals surface area contributed by atoms with Crippen LogP contribution in [0.5, 0.6) is 5.75 Å². The smallest absolute Gasteiger partial charge is 0.257 e. The molecule has 1 saturated heterocycles. The van der Waals surface area contributed by atoms with Gasteiger partial charge in [0.25, 0.3) is 5.91 Å². The number of nitrogens with zero attached hydrogens (tertiary/aromatic N) is 3. The van der Waals surface area contributed by atoms with Gasteiger partial charge in [0.1, 0.15) is 5.75 Å². The Morgan fingerprint density at radius 3 is 2.83 bits per heavy atom. The van der Waals surface area contributed by atoms with E-state index < -0.39 is 0 Å². The Morgan fingerprint density at radius 2 is 2.12 bits per heavy atom. The van der Waals surface area contributed by atoms with E-state index in [4.69, 9.17) is 4.74 Å². The topological polar surface area (TPSA) is 47.4 Å². The molecule has 5 heteroatoms. The summed E-state index contributed by atoms with van der Waals surface area (Å²) in [7, 11) is 1.85. The number of ether oxygens (including phenoxy) is 1. The van der Waals surface area contributed by atoms with Crippen LogP contribution in [0.2, 0.25) is 0 Å². The monoisotopic (exact) mass is 327 g/mol. The van der Waals surface area contributed by atoms with Crippen LogP contribution in [-0.2, 0) is 7.05 Å². The third-order valence-corrected chi connectivity index (χ3v) is 4.62. The SMILES string of the molecule is Cc1ccccc1OC[C@H]1CCCN(C(=O)c2cn(C)nc2C)C1. The molecule has 2 aromatic rings. The molecule has 0 aliphatic carbocycles. The Labute approximate surface area is 143 Å². The van der Waals surface area contributed by atoms with Gasteiger partial charge in [-0.2, -0.15) is 5.10 Å². The second-order valence-corrected chi connectivity index (χ2v) is 6.64. The molecule has 0 bridgehead atoms. The van der Waals surface area contributed by atoms with E-state index in [9.17, 15) is 4.79 Å². The van der Waals surface area contributed by atoms with Gasteiger partial charge in [0.15, 0.2) is 0 Å². The lowest BCUT2D eigenvalue weighted by Gasteiger charge is -2.32. The van der Waals surface area contributed by atoms with E-state index in [-0.39, 0.29) is 5.91 Å². The number of hydrogen-bond donors (Lipinski definition) is 0. The van der Waals surface area contributed by atoms with Crippen molar-refractivity contribution in [1.29, 1.82) is 0 Å². The molecule has 24 heavy (non-hydrogen) atoms. The minimum absolute atomic E-state index is 0.0844. The maximum absolute atomic E-state index is 12.7. The average Bonchev–Trinajstić information content (AvgIpc) is 2.92. The van der Waals surface area contributed by atoms with Crippen molar-refractivity contribution in [2.45, 2.75) is 26.7 Å². The molecule has 1 aliphatic heterocycles. The lowest BCUT2D eigenvalue weighted by Crippen LogP contribution is -2.41. The van der Waals surface area contributed by atoms with E-state index in [2.05, 4.69) is 18.1 Å². The van der Waals surface area contributed by atoms with Crippen LogP contribution >= 0.6 is 0 Å². The van der Waals surface area contributed by atoms with Crippen LogP contribution in [0.1, 0.15) is 34.5 Å². The summed E-state index contributed by atoms with van der Waals surface area (Å²) in [6.07, 6.45) is 3.93. The second-order valence-electron chi connectivity index (χ2n) is 6.64. The maximum atomic E-state index is 12.7. The summed E-state index contributed by atoms with van der Waals surface area (Å²) in [5, 5.41) is 4.28. The van der Waals surface area contributed by atoms with E-state index in [1.807, 2.05) is 43.3 Å². The first-order chi connectivity index (χ1) is 11.5. The molecule has 0 saturated carbocycles. The maximum Gasteiger partial charge on any atom is 0.257 e. The fraction of sp³-hybridized carbons (Fsp3) is 0.474. The summed E-state index contributed by atoms with van der Waals surface area (Å²) in [5.41, 5.74) is 2.64. The minimum Gasteiger partial charge on any atom is -0.493 e. The predicted octanol–water partition coefficient (Wildman–Crippen LogP) is 2.97. The predicted molar refractivity (Wildman–Crippen MR) is 93.2 cm³/mol. The fourth-order valence-electron chi connectivity index (χ4n) is 3.29. The van der Waals surface area contributed by atoms with Gasteiger partial charge < -0.3 is 9.64 Å². The number of hydrogen-bond acceptors (Lipinski definition) is 3. The van der Waals surface area contributed by atoms with Crippen molar-refractivity contribution in [1.82, 2.24) is 14.7 Å². The minimum atomic E-state index is 0.0844. The third kappa shape index (κ3) is 3.61. The van der Waals surface area contributed by atoms with Gasteiger partial charge >= 0.3 is 0 Å². The number of piperidine rings is 1. The van der Waals surface area contributed by atoms with Crippen LogP contribution in [0.15, 0.2) is 30.5 Å². The van der Waals surface area contributed by atoms with E-state index in [0.717, 1.165) is 42.9 Å². The van der Waals surface area contributed by atoms with Crippen LogP contribution in [0.4, 0.5) is 0 Å². The van der Waals surface area contributed by atoms with E-state index in [1.165, 1.54) is 0 Å². The van der Waals surface area contributed by atoms with Gasteiger partial charge in [-0.05, 0) is 38.3 Å². The molecule has 2 heterocycles. The molecule has 1 aliphatic rings. The summed E-state index contributed by atoms with van der Waals surface area (Å²) < 4.78 is 7.68. The molecule has 0 spiro atoms. The highest BCUT2D eigenvalue weighted by Gasteiger charge is 2.26. The molecular weight excluding hydrogens is 302 g/mol. The molecule has 1 aromatic carbocycles. The summed E-state index contributed by atoms with van der Waals surface area (Å²) in [4.78, 5) is 14.7. The van der Waals surface area contributed by atoms with Crippen molar-refractivity contribution in [3.63, 3.8) is 0 Å². The second kappa shape index (κ2) is 7.07. The first kappa shape index (κ1) is 16.6. The third-order valence-electron chi connectivity index (χ3n) is 4.62. The van der Waals surface area contributed by atoms with Crippen LogP contribution < -0.4 is 4.74 Å². The van der Waals surface area contributed by atoms with Crippen molar-refractivity contribution >= 4 is 5.91 Å². The van der Waals surface area contributed by atoms with Gasteiger partial charge in [0.05, 0.1) is 17.9 Å². The standard InChI is InChI=1S/C19H25N3O2/c1-14-7-4-5-9-18(14)24-13-16-8-6-10-22(11-16)19(23)17-12-21(3)20-15(17)2/h4-5,7,9,12,16H,6,8,10-11,13H2,1-3H3/t16-/m0/s1. The Kier molecular flexibility index (Phi) is 4.88. The van der Waals surface area contributed by atoms with E-state index in [1.54, 1.807) is 4.68 Å². The zero-order valence-corrected chi connectivity index (χ0v) is 14.7. The van der Waals surface area contributed by atoms with Crippen molar-refractivity contribution in [2.24, 2.45) is 13.0 Å². The van der Waals surface area contributed by atoms with Crippen LogP contribution in [0.25, 0.3) is 0 Å². The zero-order valence-electron chi connectivity index (χ0n) is 14.7.